The van der Waals surface area contributed by atoms with Crippen molar-refractivity contribution in [2.45, 2.75) is 13.1 Å². The third-order valence-electron chi connectivity index (χ3n) is 5.06. The fourth-order valence-corrected chi connectivity index (χ4v) is 3.26. The van der Waals surface area contributed by atoms with Gasteiger partial charge in [0.15, 0.2) is 0 Å². The lowest BCUT2D eigenvalue weighted by Crippen LogP contribution is -2.51. The number of hydrogen-bond acceptors (Lipinski definition) is 4. The molecule has 0 aliphatic carbocycles. The molecule has 0 unspecified atom stereocenters. The Hall–Kier alpha value is -3.13. The number of piperazine rings is 1. The minimum absolute atomic E-state index is 0.0479. The number of halogens is 1. The minimum Gasteiger partial charge on any atom is -0.497 e. The fraction of sp³-hybridized carbons (Fsp3) is 0.364. The first-order chi connectivity index (χ1) is 14.5. The molecule has 1 saturated heterocycles. The first-order valence-electron chi connectivity index (χ1n) is 9.92. The van der Waals surface area contributed by atoms with Gasteiger partial charge < -0.3 is 20.3 Å². The molecule has 2 aromatic rings. The van der Waals surface area contributed by atoms with Crippen LogP contribution in [0.25, 0.3) is 0 Å². The van der Waals surface area contributed by atoms with Gasteiger partial charge in [-0.1, -0.05) is 24.3 Å². The number of carbonyl (C=O) groups is 2. The summed E-state index contributed by atoms with van der Waals surface area (Å²) in [4.78, 5) is 28.3. The monoisotopic (exact) mass is 414 g/mol. The topological polar surface area (TPSA) is 73.9 Å². The van der Waals surface area contributed by atoms with Crippen molar-refractivity contribution in [3.8, 4) is 5.75 Å². The molecule has 0 saturated carbocycles. The summed E-state index contributed by atoms with van der Waals surface area (Å²) in [6.07, 6.45) is 0. The predicted octanol–water partition coefficient (Wildman–Crippen LogP) is 1.98. The zero-order valence-corrected chi connectivity index (χ0v) is 17.1. The zero-order chi connectivity index (χ0) is 21.3. The van der Waals surface area contributed by atoms with Crippen LogP contribution in [0.4, 0.5) is 9.18 Å². The molecule has 3 rings (SSSR count). The van der Waals surface area contributed by atoms with Crippen LogP contribution in [0.5, 0.6) is 5.75 Å². The Morgan fingerprint density at radius 3 is 2.20 bits per heavy atom. The molecular weight excluding hydrogens is 387 g/mol. The van der Waals surface area contributed by atoms with E-state index in [9.17, 15) is 14.0 Å². The van der Waals surface area contributed by atoms with Gasteiger partial charge in [-0.05, 0) is 35.4 Å². The lowest BCUT2D eigenvalue weighted by molar-refractivity contribution is -0.131. The van der Waals surface area contributed by atoms with Crippen LogP contribution < -0.4 is 15.4 Å². The zero-order valence-electron chi connectivity index (χ0n) is 17.1. The lowest BCUT2D eigenvalue weighted by Gasteiger charge is -2.34. The molecule has 0 radical (unpaired) electrons. The van der Waals surface area contributed by atoms with Gasteiger partial charge in [0.25, 0.3) is 0 Å². The Morgan fingerprint density at radius 1 is 0.933 bits per heavy atom. The molecule has 0 bridgehead atoms. The number of ether oxygens (including phenoxy) is 1. The number of nitrogens with one attached hydrogen (secondary N) is 2. The minimum atomic E-state index is -0.425. The van der Waals surface area contributed by atoms with Crippen LogP contribution in [0.15, 0.2) is 48.5 Å². The van der Waals surface area contributed by atoms with Crippen LogP contribution in [0.3, 0.4) is 0 Å². The molecule has 7 nitrogen and oxygen atoms in total. The highest BCUT2D eigenvalue weighted by molar-refractivity contribution is 5.84. The van der Waals surface area contributed by atoms with Crippen LogP contribution in [-0.2, 0) is 17.9 Å². The largest absolute Gasteiger partial charge is 0.497 e. The van der Waals surface area contributed by atoms with Crippen molar-refractivity contribution in [1.82, 2.24) is 20.4 Å². The molecule has 1 heterocycles. The summed E-state index contributed by atoms with van der Waals surface area (Å²) in [5.41, 5.74) is 1.99. The van der Waals surface area contributed by atoms with Crippen LogP contribution in [0.2, 0.25) is 0 Å². The number of urea groups is 1. The number of rotatable bonds is 7. The van der Waals surface area contributed by atoms with Crippen LogP contribution in [-0.4, -0.2) is 61.6 Å². The third kappa shape index (κ3) is 6.45. The van der Waals surface area contributed by atoms with Crippen molar-refractivity contribution in [3.05, 3.63) is 65.5 Å². The third-order valence-corrected chi connectivity index (χ3v) is 5.06. The van der Waals surface area contributed by atoms with E-state index in [1.165, 1.54) is 17.7 Å². The van der Waals surface area contributed by atoms with E-state index in [0.717, 1.165) is 30.9 Å². The summed E-state index contributed by atoms with van der Waals surface area (Å²) in [5, 5.41) is 5.24. The molecule has 0 atom stereocenters. The summed E-state index contributed by atoms with van der Waals surface area (Å²) < 4.78 is 18.1. The highest BCUT2D eigenvalue weighted by Gasteiger charge is 2.21. The van der Waals surface area contributed by atoms with E-state index < -0.39 is 6.03 Å². The van der Waals surface area contributed by atoms with Crippen LogP contribution in [0, 0.1) is 5.82 Å². The van der Waals surface area contributed by atoms with Crippen molar-refractivity contribution in [2.24, 2.45) is 0 Å². The predicted molar refractivity (Wildman–Crippen MR) is 111 cm³/mol. The lowest BCUT2D eigenvalue weighted by atomic mass is 10.2. The molecule has 1 aliphatic heterocycles. The second kappa shape index (κ2) is 10.6. The van der Waals surface area contributed by atoms with E-state index >= 15 is 0 Å². The molecule has 2 N–H and O–H groups in total. The first-order valence-corrected chi connectivity index (χ1v) is 9.92. The van der Waals surface area contributed by atoms with Crippen molar-refractivity contribution in [1.29, 1.82) is 0 Å². The number of methoxy groups -OCH3 is 1. The average molecular weight is 414 g/mol. The second-order valence-corrected chi connectivity index (χ2v) is 7.17. The van der Waals surface area contributed by atoms with Crippen molar-refractivity contribution < 1.29 is 18.7 Å². The van der Waals surface area contributed by atoms with Crippen LogP contribution in [0.1, 0.15) is 11.1 Å². The van der Waals surface area contributed by atoms with Crippen molar-refractivity contribution in [3.63, 3.8) is 0 Å². The van der Waals surface area contributed by atoms with E-state index in [2.05, 4.69) is 15.5 Å². The van der Waals surface area contributed by atoms with Gasteiger partial charge in [0.1, 0.15) is 11.6 Å². The number of hydrogen-bond donors (Lipinski definition) is 2. The molecule has 1 fully saturated rings. The molecule has 8 heteroatoms. The van der Waals surface area contributed by atoms with Crippen molar-refractivity contribution in [2.75, 3.05) is 39.8 Å². The number of nitrogens with zero attached hydrogens (tertiary/aromatic N) is 2. The first kappa shape index (κ1) is 21.6. The molecule has 3 amide bonds. The summed E-state index contributed by atoms with van der Waals surface area (Å²) in [5.74, 6) is 0.414. The molecule has 1 aliphatic rings. The van der Waals surface area contributed by atoms with Gasteiger partial charge in [0.2, 0.25) is 5.91 Å². The Labute approximate surface area is 175 Å². The maximum Gasteiger partial charge on any atom is 0.315 e. The van der Waals surface area contributed by atoms with Gasteiger partial charge in [-0.2, -0.15) is 0 Å². The summed E-state index contributed by atoms with van der Waals surface area (Å²) in [6.45, 7) is 3.89. The summed E-state index contributed by atoms with van der Waals surface area (Å²) in [7, 11) is 1.65. The van der Waals surface area contributed by atoms with E-state index in [4.69, 9.17) is 4.74 Å². The Balaban J connectivity index is 1.34. The summed E-state index contributed by atoms with van der Waals surface area (Å²) in [6, 6.07) is 13.4. The molecular formula is C22H27FN4O3. The van der Waals surface area contributed by atoms with Crippen LogP contribution >= 0.6 is 0 Å². The molecule has 0 spiro atoms. The fourth-order valence-electron chi connectivity index (χ4n) is 3.26. The number of amides is 3. The quantitative estimate of drug-likeness (QED) is 0.727. The van der Waals surface area contributed by atoms with Gasteiger partial charge in [-0.15, -0.1) is 0 Å². The van der Waals surface area contributed by atoms with E-state index in [1.54, 1.807) is 24.1 Å². The number of benzene rings is 2. The molecule has 30 heavy (non-hydrogen) atoms. The van der Waals surface area contributed by atoms with Gasteiger partial charge >= 0.3 is 6.03 Å². The van der Waals surface area contributed by atoms with E-state index in [1.807, 2.05) is 24.3 Å². The number of carbonyl (C=O) groups excluding carboxylic acids is 2. The highest BCUT2D eigenvalue weighted by Crippen LogP contribution is 2.14. The standard InChI is InChI=1S/C22H27FN4O3/c1-30-20-8-4-18(5-9-20)16-26-10-12-27(13-11-26)21(28)15-25-22(29)24-14-17-2-6-19(23)7-3-17/h2-9H,10-16H2,1H3,(H2,24,25,29). The van der Waals surface area contributed by atoms with E-state index in [-0.39, 0.29) is 24.8 Å². The Morgan fingerprint density at radius 2 is 1.57 bits per heavy atom. The molecule has 160 valence electrons. The Bertz CT molecular complexity index is 834. The Kier molecular flexibility index (Phi) is 7.62. The van der Waals surface area contributed by atoms with Gasteiger partial charge in [0.05, 0.1) is 13.7 Å². The normalized spacial score (nSPS) is 14.3. The van der Waals surface area contributed by atoms with E-state index in [0.29, 0.717) is 13.1 Å². The molecule has 2 aromatic carbocycles. The summed E-state index contributed by atoms with van der Waals surface area (Å²) >= 11 is 0. The molecule has 0 aromatic heterocycles. The average Bonchev–Trinajstić information content (AvgIpc) is 2.78. The smallest absolute Gasteiger partial charge is 0.315 e. The van der Waals surface area contributed by atoms with Crippen molar-refractivity contribution >= 4 is 11.9 Å². The van der Waals surface area contributed by atoms with Gasteiger partial charge in [0, 0.05) is 39.3 Å². The second-order valence-electron chi connectivity index (χ2n) is 7.17. The highest BCUT2D eigenvalue weighted by atomic mass is 19.1. The maximum absolute atomic E-state index is 12.9. The maximum atomic E-state index is 12.9. The SMILES string of the molecule is COc1ccc(CN2CCN(C(=O)CNC(=O)NCc3ccc(F)cc3)CC2)cc1. The van der Waals surface area contributed by atoms with Gasteiger partial charge in [-0.3, -0.25) is 9.69 Å². The van der Waals surface area contributed by atoms with Gasteiger partial charge in [-0.25, -0.2) is 9.18 Å².